The van der Waals surface area contributed by atoms with E-state index in [9.17, 15) is 4.79 Å². The van der Waals surface area contributed by atoms with E-state index in [0.717, 1.165) is 18.4 Å². The second kappa shape index (κ2) is 3.85. The van der Waals surface area contributed by atoms with Gasteiger partial charge in [-0.3, -0.25) is 4.79 Å². The van der Waals surface area contributed by atoms with E-state index in [1.54, 1.807) is 7.11 Å². The molecule has 2 heteroatoms. The Balaban J connectivity index is 2.90. The second-order valence-electron chi connectivity index (χ2n) is 3.06. The predicted octanol–water partition coefficient (Wildman–Crippen LogP) is 2.09. The smallest absolute Gasteiger partial charge is 0.161 e. The molecule has 1 aliphatic rings. The number of rotatable bonds is 3. The van der Waals surface area contributed by atoms with Gasteiger partial charge >= 0.3 is 0 Å². The lowest BCUT2D eigenvalue weighted by Gasteiger charge is -2.10. The Hall–Kier alpha value is -0.630. The minimum absolute atomic E-state index is 0.0671. The molecule has 0 radical (unpaired) electrons. The number of ether oxygens (including phenoxy) is 1. The van der Waals surface area contributed by atoms with Gasteiger partial charge in [0, 0.05) is 13.5 Å². The molecule has 0 aromatic carbocycles. The number of ketones is 1. The van der Waals surface area contributed by atoms with Crippen LogP contribution in [0.25, 0.3) is 0 Å². The van der Waals surface area contributed by atoms with Crippen molar-refractivity contribution in [2.45, 2.75) is 39.2 Å². The summed E-state index contributed by atoms with van der Waals surface area (Å²) in [4.78, 5) is 11.4. The number of hydrogen-bond acceptors (Lipinski definition) is 2. The summed E-state index contributed by atoms with van der Waals surface area (Å²) >= 11 is 0. The minimum atomic E-state index is 0.0671. The molecule has 0 aromatic heterocycles. The summed E-state index contributed by atoms with van der Waals surface area (Å²) in [5.74, 6) is 0.279. The largest absolute Gasteiger partial charge is 0.377 e. The molecule has 0 saturated heterocycles. The number of hydrogen-bond donors (Lipinski definition) is 0. The van der Waals surface area contributed by atoms with Gasteiger partial charge in [0.05, 0.1) is 6.10 Å². The Morgan fingerprint density at radius 1 is 1.42 bits per heavy atom. The first kappa shape index (κ1) is 9.46. The van der Waals surface area contributed by atoms with Gasteiger partial charge < -0.3 is 4.74 Å². The van der Waals surface area contributed by atoms with E-state index in [0.29, 0.717) is 6.42 Å². The maximum Gasteiger partial charge on any atom is 0.161 e. The average molecular weight is 168 g/mol. The van der Waals surface area contributed by atoms with Crippen molar-refractivity contribution in [3.8, 4) is 0 Å². The third kappa shape index (κ3) is 1.44. The van der Waals surface area contributed by atoms with Gasteiger partial charge in [-0.05, 0) is 24.0 Å². The molecule has 12 heavy (non-hydrogen) atoms. The van der Waals surface area contributed by atoms with Crippen LogP contribution in [0.4, 0.5) is 0 Å². The van der Waals surface area contributed by atoms with Crippen molar-refractivity contribution in [3.05, 3.63) is 11.1 Å². The molecule has 1 unspecified atom stereocenters. The molecule has 68 valence electrons. The number of methoxy groups -OCH3 is 1. The van der Waals surface area contributed by atoms with Crippen molar-refractivity contribution in [2.24, 2.45) is 0 Å². The van der Waals surface area contributed by atoms with Gasteiger partial charge in [-0.25, -0.2) is 0 Å². The Labute approximate surface area is 73.6 Å². The summed E-state index contributed by atoms with van der Waals surface area (Å²) in [5, 5.41) is 0. The van der Waals surface area contributed by atoms with Crippen molar-refractivity contribution in [1.29, 1.82) is 0 Å². The molecule has 0 fully saturated rings. The highest BCUT2D eigenvalue weighted by molar-refractivity contribution is 5.99. The molecule has 0 aromatic rings. The van der Waals surface area contributed by atoms with E-state index in [-0.39, 0.29) is 11.9 Å². The van der Waals surface area contributed by atoms with Crippen LogP contribution in [0.5, 0.6) is 0 Å². The van der Waals surface area contributed by atoms with Crippen molar-refractivity contribution in [1.82, 2.24) is 0 Å². The first-order chi connectivity index (χ1) is 5.74. The van der Waals surface area contributed by atoms with Crippen LogP contribution < -0.4 is 0 Å². The van der Waals surface area contributed by atoms with E-state index >= 15 is 0 Å². The molecule has 0 heterocycles. The van der Waals surface area contributed by atoms with Crippen LogP contribution in [0.15, 0.2) is 11.1 Å². The Bertz CT molecular complexity index is 216. The first-order valence-corrected chi connectivity index (χ1v) is 4.52. The van der Waals surface area contributed by atoms with E-state index in [4.69, 9.17) is 4.74 Å². The van der Waals surface area contributed by atoms with E-state index in [2.05, 4.69) is 6.92 Å². The molecule has 0 N–H and O–H groups in total. The molecule has 1 atom stereocenters. The topological polar surface area (TPSA) is 26.3 Å². The molecule has 0 spiro atoms. The highest BCUT2D eigenvalue weighted by atomic mass is 16.5. The van der Waals surface area contributed by atoms with Crippen LogP contribution in [0.2, 0.25) is 0 Å². The fourth-order valence-electron chi connectivity index (χ4n) is 1.88. The van der Waals surface area contributed by atoms with Gasteiger partial charge in [-0.15, -0.1) is 0 Å². The lowest BCUT2D eigenvalue weighted by molar-refractivity contribution is -0.116. The van der Waals surface area contributed by atoms with Crippen LogP contribution >= 0.6 is 0 Å². The van der Waals surface area contributed by atoms with Gasteiger partial charge in [0.2, 0.25) is 0 Å². The first-order valence-electron chi connectivity index (χ1n) is 4.52. The van der Waals surface area contributed by atoms with Crippen molar-refractivity contribution in [2.75, 3.05) is 7.11 Å². The van der Waals surface area contributed by atoms with Crippen LogP contribution in [0.3, 0.4) is 0 Å². The summed E-state index contributed by atoms with van der Waals surface area (Å²) in [6.07, 6.45) is 2.41. The van der Waals surface area contributed by atoms with E-state index in [1.807, 2.05) is 6.92 Å². The monoisotopic (exact) mass is 168 g/mol. The van der Waals surface area contributed by atoms with Gasteiger partial charge in [-0.1, -0.05) is 13.8 Å². The van der Waals surface area contributed by atoms with Gasteiger partial charge in [0.25, 0.3) is 0 Å². The van der Waals surface area contributed by atoms with E-state index < -0.39 is 0 Å². The summed E-state index contributed by atoms with van der Waals surface area (Å²) < 4.78 is 5.24. The number of allylic oxidation sites excluding steroid dienone is 1. The fraction of sp³-hybridized carbons (Fsp3) is 0.700. The van der Waals surface area contributed by atoms with Gasteiger partial charge in [0.15, 0.2) is 5.78 Å². The third-order valence-corrected chi connectivity index (χ3v) is 2.50. The molecular weight excluding hydrogens is 152 g/mol. The molecule has 0 amide bonds. The van der Waals surface area contributed by atoms with E-state index in [1.165, 1.54) is 5.57 Å². The maximum atomic E-state index is 11.4. The zero-order valence-electron chi connectivity index (χ0n) is 8.02. The Kier molecular flexibility index (Phi) is 3.04. The predicted molar refractivity (Wildman–Crippen MR) is 48.0 cm³/mol. The average Bonchev–Trinajstić information content (AvgIpc) is 2.40. The van der Waals surface area contributed by atoms with Crippen molar-refractivity contribution in [3.63, 3.8) is 0 Å². The Morgan fingerprint density at radius 2 is 2.08 bits per heavy atom. The van der Waals surface area contributed by atoms with Gasteiger partial charge in [0.1, 0.15) is 0 Å². The quantitative estimate of drug-likeness (QED) is 0.645. The standard InChI is InChI=1S/C10H16O2/c1-4-7-8(5-2)10(12-3)6-9(7)11/h10H,4-6H2,1-3H3. The summed E-state index contributed by atoms with van der Waals surface area (Å²) in [6.45, 7) is 4.11. The number of carbonyl (C=O) groups is 1. The van der Waals surface area contributed by atoms with Crippen LogP contribution in [-0.2, 0) is 9.53 Å². The molecule has 2 nitrogen and oxygen atoms in total. The summed E-state index contributed by atoms with van der Waals surface area (Å²) in [7, 11) is 1.67. The minimum Gasteiger partial charge on any atom is -0.377 e. The van der Waals surface area contributed by atoms with Crippen LogP contribution in [0, 0.1) is 0 Å². The third-order valence-electron chi connectivity index (χ3n) is 2.50. The molecular formula is C10H16O2. The lowest BCUT2D eigenvalue weighted by Crippen LogP contribution is -2.09. The van der Waals surface area contributed by atoms with Gasteiger partial charge in [-0.2, -0.15) is 0 Å². The zero-order chi connectivity index (χ0) is 9.14. The molecule has 1 rings (SSSR count). The highest BCUT2D eigenvalue weighted by Gasteiger charge is 2.29. The highest BCUT2D eigenvalue weighted by Crippen LogP contribution is 2.29. The van der Waals surface area contributed by atoms with Crippen LogP contribution in [-0.4, -0.2) is 19.0 Å². The molecule has 0 bridgehead atoms. The Morgan fingerprint density at radius 3 is 2.50 bits per heavy atom. The molecule has 0 aliphatic heterocycles. The summed E-state index contributed by atoms with van der Waals surface area (Å²) in [5.41, 5.74) is 2.22. The zero-order valence-corrected chi connectivity index (χ0v) is 8.02. The number of Topliss-reactive ketones (excluding diaryl/α,β-unsaturated/α-hetero) is 1. The lowest BCUT2D eigenvalue weighted by atomic mass is 10.1. The number of carbonyl (C=O) groups excluding carboxylic acids is 1. The maximum absolute atomic E-state index is 11.4. The fourth-order valence-corrected chi connectivity index (χ4v) is 1.88. The summed E-state index contributed by atoms with van der Waals surface area (Å²) in [6, 6.07) is 0. The molecule has 1 aliphatic carbocycles. The van der Waals surface area contributed by atoms with Crippen molar-refractivity contribution < 1.29 is 9.53 Å². The van der Waals surface area contributed by atoms with Crippen molar-refractivity contribution >= 4 is 5.78 Å². The normalized spacial score (nSPS) is 23.9. The SMILES string of the molecule is CCC1=C(CC)C(OC)CC1=O. The molecule has 0 saturated carbocycles. The second-order valence-corrected chi connectivity index (χ2v) is 3.06. The van der Waals surface area contributed by atoms with Crippen LogP contribution in [0.1, 0.15) is 33.1 Å².